The van der Waals surface area contributed by atoms with E-state index in [0.717, 1.165) is 24.4 Å². The standard InChI is InChI=1S/C15H24N2O2S/c1-3-14(20-13-7-5-4-6-8-13)15(18)17-10-9-16-11-12-19-2/h4-8,14,16H,3,9-12H2,1-2H3,(H,17,18). The highest BCUT2D eigenvalue weighted by Crippen LogP contribution is 2.24. The lowest BCUT2D eigenvalue weighted by molar-refractivity contribution is -0.120. The molecule has 0 aliphatic carbocycles. The molecule has 112 valence electrons. The van der Waals surface area contributed by atoms with Gasteiger partial charge in [0.15, 0.2) is 0 Å². The van der Waals surface area contributed by atoms with E-state index in [1.807, 2.05) is 37.3 Å². The third-order valence-corrected chi connectivity index (χ3v) is 4.14. The van der Waals surface area contributed by atoms with E-state index in [1.54, 1.807) is 18.9 Å². The van der Waals surface area contributed by atoms with Crippen LogP contribution < -0.4 is 10.6 Å². The topological polar surface area (TPSA) is 50.4 Å². The first-order valence-electron chi connectivity index (χ1n) is 6.97. The van der Waals surface area contributed by atoms with Gasteiger partial charge in [0.25, 0.3) is 0 Å². The lowest BCUT2D eigenvalue weighted by Gasteiger charge is -2.14. The average Bonchev–Trinajstić information content (AvgIpc) is 2.49. The first kappa shape index (κ1) is 17.0. The van der Waals surface area contributed by atoms with Crippen LogP contribution in [0.2, 0.25) is 0 Å². The number of hydrogen-bond donors (Lipinski definition) is 2. The molecular formula is C15H24N2O2S. The Morgan fingerprint density at radius 2 is 2.00 bits per heavy atom. The number of thioether (sulfide) groups is 1. The quantitative estimate of drug-likeness (QED) is 0.511. The summed E-state index contributed by atoms with van der Waals surface area (Å²) in [5.41, 5.74) is 0. The van der Waals surface area contributed by atoms with Crippen molar-refractivity contribution in [2.24, 2.45) is 0 Å². The van der Waals surface area contributed by atoms with Crippen LogP contribution >= 0.6 is 11.8 Å². The molecule has 1 aromatic carbocycles. The van der Waals surface area contributed by atoms with Gasteiger partial charge in [0.2, 0.25) is 5.91 Å². The minimum atomic E-state index is -0.0311. The molecule has 0 heterocycles. The van der Waals surface area contributed by atoms with Crippen LogP contribution in [-0.4, -0.2) is 44.5 Å². The summed E-state index contributed by atoms with van der Waals surface area (Å²) in [5.74, 6) is 0.106. The van der Waals surface area contributed by atoms with Gasteiger partial charge in [0.05, 0.1) is 11.9 Å². The number of carbonyl (C=O) groups excluding carboxylic acids is 1. The van der Waals surface area contributed by atoms with Gasteiger partial charge < -0.3 is 15.4 Å². The maximum Gasteiger partial charge on any atom is 0.233 e. The number of carbonyl (C=O) groups is 1. The number of benzene rings is 1. The number of hydrogen-bond acceptors (Lipinski definition) is 4. The van der Waals surface area contributed by atoms with E-state index in [2.05, 4.69) is 10.6 Å². The number of amides is 1. The van der Waals surface area contributed by atoms with Gasteiger partial charge in [-0.25, -0.2) is 0 Å². The van der Waals surface area contributed by atoms with Gasteiger partial charge in [-0.1, -0.05) is 25.1 Å². The van der Waals surface area contributed by atoms with Crippen molar-refractivity contribution >= 4 is 17.7 Å². The van der Waals surface area contributed by atoms with Crippen molar-refractivity contribution in [3.05, 3.63) is 30.3 Å². The van der Waals surface area contributed by atoms with Crippen LogP contribution in [0.1, 0.15) is 13.3 Å². The Labute approximate surface area is 125 Å². The number of nitrogens with one attached hydrogen (secondary N) is 2. The van der Waals surface area contributed by atoms with Crippen molar-refractivity contribution in [1.29, 1.82) is 0 Å². The number of methoxy groups -OCH3 is 1. The Hall–Kier alpha value is -1.04. The van der Waals surface area contributed by atoms with Crippen LogP contribution in [0.25, 0.3) is 0 Å². The average molecular weight is 296 g/mol. The molecule has 0 aromatic heterocycles. The fourth-order valence-corrected chi connectivity index (χ4v) is 2.67. The van der Waals surface area contributed by atoms with Gasteiger partial charge >= 0.3 is 0 Å². The summed E-state index contributed by atoms with van der Waals surface area (Å²) in [6.45, 7) is 4.95. The third kappa shape index (κ3) is 6.93. The fourth-order valence-electron chi connectivity index (χ4n) is 1.67. The molecule has 0 fully saturated rings. The Kier molecular flexibility index (Phi) is 9.11. The van der Waals surface area contributed by atoms with Crippen molar-refractivity contribution in [1.82, 2.24) is 10.6 Å². The monoisotopic (exact) mass is 296 g/mol. The number of rotatable bonds is 10. The molecule has 0 spiro atoms. The zero-order valence-corrected chi connectivity index (χ0v) is 13.0. The van der Waals surface area contributed by atoms with Gasteiger partial charge in [0.1, 0.15) is 0 Å². The molecule has 0 saturated carbocycles. The lowest BCUT2D eigenvalue weighted by atomic mass is 10.3. The van der Waals surface area contributed by atoms with E-state index >= 15 is 0 Å². The summed E-state index contributed by atoms with van der Waals surface area (Å²) in [5, 5.41) is 6.14. The van der Waals surface area contributed by atoms with E-state index in [4.69, 9.17) is 4.74 Å². The second-order valence-corrected chi connectivity index (χ2v) is 5.64. The van der Waals surface area contributed by atoms with Crippen molar-refractivity contribution in [2.75, 3.05) is 33.4 Å². The predicted octanol–water partition coefficient (Wildman–Crippen LogP) is 1.91. The van der Waals surface area contributed by atoms with Crippen molar-refractivity contribution in [3.63, 3.8) is 0 Å². The molecular weight excluding hydrogens is 272 g/mol. The Balaban J connectivity index is 2.25. The Morgan fingerprint density at radius 3 is 2.65 bits per heavy atom. The largest absolute Gasteiger partial charge is 0.383 e. The molecule has 1 atom stereocenters. The third-order valence-electron chi connectivity index (χ3n) is 2.77. The molecule has 20 heavy (non-hydrogen) atoms. The number of ether oxygens (including phenoxy) is 1. The SMILES string of the molecule is CCC(Sc1ccccc1)C(=O)NCCNCCOC. The minimum absolute atomic E-state index is 0.0311. The van der Waals surface area contributed by atoms with Crippen LogP contribution in [0.5, 0.6) is 0 Å². The molecule has 4 nitrogen and oxygen atoms in total. The Morgan fingerprint density at radius 1 is 1.25 bits per heavy atom. The molecule has 1 amide bonds. The maximum atomic E-state index is 12.1. The summed E-state index contributed by atoms with van der Waals surface area (Å²) in [7, 11) is 1.68. The summed E-state index contributed by atoms with van der Waals surface area (Å²) in [6.07, 6.45) is 0.822. The first-order valence-corrected chi connectivity index (χ1v) is 7.85. The molecule has 5 heteroatoms. The molecule has 0 saturated heterocycles. The van der Waals surface area contributed by atoms with E-state index in [-0.39, 0.29) is 11.2 Å². The van der Waals surface area contributed by atoms with Crippen LogP contribution in [0.4, 0.5) is 0 Å². The highest BCUT2D eigenvalue weighted by Gasteiger charge is 2.16. The maximum absolute atomic E-state index is 12.1. The highest BCUT2D eigenvalue weighted by molar-refractivity contribution is 8.00. The van der Waals surface area contributed by atoms with E-state index in [9.17, 15) is 4.79 Å². The van der Waals surface area contributed by atoms with Gasteiger partial charge in [0, 0.05) is 31.6 Å². The van der Waals surface area contributed by atoms with Crippen molar-refractivity contribution < 1.29 is 9.53 Å². The van der Waals surface area contributed by atoms with Crippen molar-refractivity contribution in [3.8, 4) is 0 Å². The second kappa shape index (κ2) is 10.7. The fraction of sp³-hybridized carbons (Fsp3) is 0.533. The summed E-state index contributed by atoms with van der Waals surface area (Å²) in [4.78, 5) is 13.2. The Bertz CT molecular complexity index is 373. The zero-order valence-electron chi connectivity index (χ0n) is 12.2. The van der Waals surface area contributed by atoms with Gasteiger partial charge in [-0.3, -0.25) is 4.79 Å². The first-order chi connectivity index (χ1) is 9.77. The smallest absolute Gasteiger partial charge is 0.233 e. The van der Waals surface area contributed by atoms with Crippen LogP contribution in [0, 0.1) is 0 Å². The molecule has 1 unspecified atom stereocenters. The second-order valence-electron chi connectivity index (χ2n) is 4.36. The molecule has 0 radical (unpaired) electrons. The normalized spacial score (nSPS) is 12.1. The summed E-state index contributed by atoms with van der Waals surface area (Å²) in [6, 6.07) is 10.0. The van der Waals surface area contributed by atoms with E-state index in [1.165, 1.54) is 0 Å². The predicted molar refractivity (Wildman–Crippen MR) is 84.1 cm³/mol. The lowest BCUT2D eigenvalue weighted by Crippen LogP contribution is -2.37. The summed E-state index contributed by atoms with van der Waals surface area (Å²) >= 11 is 1.62. The minimum Gasteiger partial charge on any atom is -0.383 e. The molecule has 0 aliphatic rings. The zero-order chi connectivity index (χ0) is 14.6. The van der Waals surface area contributed by atoms with Crippen LogP contribution in [-0.2, 0) is 9.53 Å². The van der Waals surface area contributed by atoms with Crippen LogP contribution in [0.3, 0.4) is 0 Å². The van der Waals surface area contributed by atoms with Crippen LogP contribution in [0.15, 0.2) is 35.2 Å². The van der Waals surface area contributed by atoms with Gasteiger partial charge in [-0.15, -0.1) is 11.8 Å². The van der Waals surface area contributed by atoms with Crippen molar-refractivity contribution in [2.45, 2.75) is 23.5 Å². The summed E-state index contributed by atoms with van der Waals surface area (Å²) < 4.78 is 4.94. The van der Waals surface area contributed by atoms with E-state index < -0.39 is 0 Å². The molecule has 1 rings (SSSR count). The van der Waals surface area contributed by atoms with E-state index in [0.29, 0.717) is 13.2 Å². The highest BCUT2D eigenvalue weighted by atomic mass is 32.2. The molecule has 0 aliphatic heterocycles. The molecule has 2 N–H and O–H groups in total. The van der Waals surface area contributed by atoms with Gasteiger partial charge in [-0.2, -0.15) is 0 Å². The van der Waals surface area contributed by atoms with Gasteiger partial charge in [-0.05, 0) is 18.6 Å². The molecule has 0 bridgehead atoms. The molecule has 1 aromatic rings.